The second kappa shape index (κ2) is 2.54. The Balaban J connectivity index is 2.99. The van der Waals surface area contributed by atoms with E-state index in [1.807, 2.05) is 0 Å². The standard InChI is InChI=1S/C7H5F3O/c8-6-3-1-5(2-4-6)7(9,10)11/h1-4,11H. The predicted molar refractivity (Wildman–Crippen MR) is 32.5 cm³/mol. The van der Waals surface area contributed by atoms with Gasteiger partial charge in [-0.1, -0.05) is 0 Å². The second-order valence-corrected chi connectivity index (χ2v) is 2.05. The van der Waals surface area contributed by atoms with Crippen molar-refractivity contribution in [3.63, 3.8) is 0 Å². The van der Waals surface area contributed by atoms with Gasteiger partial charge < -0.3 is 5.11 Å². The Hall–Kier alpha value is -1.03. The maximum atomic E-state index is 12.1. The molecule has 1 aromatic carbocycles. The van der Waals surface area contributed by atoms with Gasteiger partial charge in [0.15, 0.2) is 0 Å². The summed E-state index contributed by atoms with van der Waals surface area (Å²) in [5.74, 6) is -0.613. The summed E-state index contributed by atoms with van der Waals surface area (Å²) in [6.07, 6.45) is -3.88. The fraction of sp³-hybridized carbons (Fsp3) is 0.143. The summed E-state index contributed by atoms with van der Waals surface area (Å²) in [5, 5.41) is 8.12. The molecular formula is C7H5F3O. The van der Waals surface area contributed by atoms with Gasteiger partial charge in [0.05, 0.1) is 5.56 Å². The van der Waals surface area contributed by atoms with Crippen molar-refractivity contribution in [2.24, 2.45) is 0 Å². The molecule has 0 aliphatic rings. The quantitative estimate of drug-likeness (QED) is 0.668. The van der Waals surface area contributed by atoms with E-state index in [0.29, 0.717) is 0 Å². The lowest BCUT2D eigenvalue weighted by Crippen LogP contribution is -2.10. The Morgan fingerprint density at radius 2 is 1.55 bits per heavy atom. The topological polar surface area (TPSA) is 20.2 Å². The van der Waals surface area contributed by atoms with E-state index in [1.54, 1.807) is 0 Å². The highest BCUT2D eigenvalue weighted by Gasteiger charge is 2.26. The molecule has 0 amide bonds. The van der Waals surface area contributed by atoms with E-state index in [9.17, 15) is 13.2 Å². The fourth-order valence-corrected chi connectivity index (χ4v) is 0.650. The van der Waals surface area contributed by atoms with Gasteiger partial charge in [0.25, 0.3) is 0 Å². The number of rotatable bonds is 1. The molecule has 4 heteroatoms. The molecule has 60 valence electrons. The van der Waals surface area contributed by atoms with Crippen LogP contribution in [-0.4, -0.2) is 5.11 Å². The molecule has 0 fully saturated rings. The molecule has 0 bridgehead atoms. The maximum absolute atomic E-state index is 12.1. The van der Waals surface area contributed by atoms with Crippen LogP contribution in [0.2, 0.25) is 0 Å². The monoisotopic (exact) mass is 162 g/mol. The van der Waals surface area contributed by atoms with E-state index in [1.165, 1.54) is 0 Å². The molecule has 0 aromatic heterocycles. The van der Waals surface area contributed by atoms with Crippen LogP contribution in [-0.2, 0) is 6.11 Å². The Bertz CT molecular complexity index is 237. The average molecular weight is 162 g/mol. The number of aliphatic hydroxyl groups is 1. The largest absolute Gasteiger partial charge is 0.380 e. The molecule has 0 saturated heterocycles. The van der Waals surface area contributed by atoms with Gasteiger partial charge in [-0.15, -0.1) is 0 Å². The minimum absolute atomic E-state index is 0.612. The van der Waals surface area contributed by atoms with Crippen molar-refractivity contribution in [2.75, 3.05) is 0 Å². The zero-order valence-electron chi connectivity index (χ0n) is 5.39. The molecule has 0 spiro atoms. The first-order valence-electron chi connectivity index (χ1n) is 2.86. The van der Waals surface area contributed by atoms with Crippen LogP contribution >= 0.6 is 0 Å². The first kappa shape index (κ1) is 8.07. The fourth-order valence-electron chi connectivity index (χ4n) is 0.650. The summed E-state index contributed by atoms with van der Waals surface area (Å²) in [6, 6.07) is 3.38. The van der Waals surface area contributed by atoms with Gasteiger partial charge in [0.2, 0.25) is 0 Å². The minimum atomic E-state index is -3.88. The lowest BCUT2D eigenvalue weighted by atomic mass is 10.2. The lowest BCUT2D eigenvalue weighted by Gasteiger charge is -2.07. The molecule has 11 heavy (non-hydrogen) atoms. The zero-order valence-corrected chi connectivity index (χ0v) is 5.39. The summed E-state index contributed by atoms with van der Waals surface area (Å²) in [7, 11) is 0. The number of benzene rings is 1. The number of hydrogen-bond acceptors (Lipinski definition) is 1. The summed E-state index contributed by atoms with van der Waals surface area (Å²) >= 11 is 0. The van der Waals surface area contributed by atoms with Crippen LogP contribution in [0.3, 0.4) is 0 Å². The third kappa shape index (κ3) is 1.94. The zero-order chi connectivity index (χ0) is 8.48. The third-order valence-electron chi connectivity index (χ3n) is 1.19. The third-order valence-corrected chi connectivity index (χ3v) is 1.19. The molecule has 1 N–H and O–H groups in total. The van der Waals surface area contributed by atoms with E-state index in [-0.39, 0.29) is 0 Å². The minimum Gasteiger partial charge on any atom is -0.332 e. The van der Waals surface area contributed by atoms with Gasteiger partial charge in [-0.2, -0.15) is 8.78 Å². The molecule has 0 radical (unpaired) electrons. The van der Waals surface area contributed by atoms with Crippen molar-refractivity contribution in [3.05, 3.63) is 35.6 Å². The maximum Gasteiger partial charge on any atom is 0.380 e. The molecule has 1 nitrogen and oxygen atoms in total. The normalized spacial score (nSPS) is 11.6. The summed E-state index contributed by atoms with van der Waals surface area (Å²) in [5.41, 5.74) is -0.612. The number of halogens is 3. The Morgan fingerprint density at radius 3 is 1.91 bits per heavy atom. The highest BCUT2D eigenvalue weighted by molar-refractivity contribution is 5.18. The van der Waals surface area contributed by atoms with Crippen molar-refractivity contribution >= 4 is 0 Å². The first-order valence-corrected chi connectivity index (χ1v) is 2.86. The summed E-state index contributed by atoms with van der Waals surface area (Å²) in [4.78, 5) is 0. The Kier molecular flexibility index (Phi) is 1.87. The smallest absolute Gasteiger partial charge is 0.332 e. The Labute approximate surface area is 61.1 Å². The highest BCUT2D eigenvalue weighted by atomic mass is 19.3. The van der Waals surface area contributed by atoms with Crippen LogP contribution in [0.1, 0.15) is 5.56 Å². The molecule has 1 aromatic rings. The predicted octanol–water partition coefficient (Wildman–Crippen LogP) is 1.87. The van der Waals surface area contributed by atoms with Gasteiger partial charge in [-0.25, -0.2) is 4.39 Å². The van der Waals surface area contributed by atoms with Crippen molar-refractivity contribution in [2.45, 2.75) is 6.11 Å². The molecule has 0 aliphatic carbocycles. The molecule has 0 heterocycles. The van der Waals surface area contributed by atoms with E-state index < -0.39 is 17.5 Å². The second-order valence-electron chi connectivity index (χ2n) is 2.05. The summed E-state index contributed by atoms with van der Waals surface area (Å²) < 4.78 is 36.2. The van der Waals surface area contributed by atoms with Crippen LogP contribution in [0, 0.1) is 5.82 Å². The summed E-state index contributed by atoms with van der Waals surface area (Å²) in [6.45, 7) is 0. The van der Waals surface area contributed by atoms with Gasteiger partial charge in [0, 0.05) is 0 Å². The van der Waals surface area contributed by atoms with Crippen LogP contribution in [0.4, 0.5) is 13.2 Å². The molecule has 0 atom stereocenters. The van der Waals surface area contributed by atoms with Crippen molar-refractivity contribution < 1.29 is 18.3 Å². The molecule has 0 unspecified atom stereocenters. The van der Waals surface area contributed by atoms with Crippen LogP contribution in [0.25, 0.3) is 0 Å². The van der Waals surface area contributed by atoms with Gasteiger partial charge >= 0.3 is 6.11 Å². The lowest BCUT2D eigenvalue weighted by molar-refractivity contribution is -0.208. The van der Waals surface area contributed by atoms with Gasteiger partial charge in [-0.3, -0.25) is 0 Å². The Morgan fingerprint density at radius 1 is 1.09 bits per heavy atom. The van der Waals surface area contributed by atoms with E-state index in [0.717, 1.165) is 24.3 Å². The van der Waals surface area contributed by atoms with Gasteiger partial charge in [-0.05, 0) is 24.3 Å². The van der Waals surface area contributed by atoms with Crippen LogP contribution < -0.4 is 0 Å². The number of hydrogen-bond donors (Lipinski definition) is 1. The molecular weight excluding hydrogens is 157 g/mol. The van der Waals surface area contributed by atoms with Crippen LogP contribution in [0.5, 0.6) is 0 Å². The van der Waals surface area contributed by atoms with Crippen molar-refractivity contribution in [1.29, 1.82) is 0 Å². The first-order chi connectivity index (χ1) is 5.00. The van der Waals surface area contributed by atoms with Gasteiger partial charge in [0.1, 0.15) is 5.82 Å². The molecule has 0 aliphatic heterocycles. The van der Waals surface area contributed by atoms with E-state index >= 15 is 0 Å². The van der Waals surface area contributed by atoms with Crippen molar-refractivity contribution in [3.8, 4) is 0 Å². The van der Waals surface area contributed by atoms with Crippen molar-refractivity contribution in [1.82, 2.24) is 0 Å². The highest BCUT2D eigenvalue weighted by Crippen LogP contribution is 2.23. The molecule has 0 saturated carbocycles. The SMILES string of the molecule is OC(F)(F)c1ccc(F)cc1. The molecule has 1 rings (SSSR count). The van der Waals surface area contributed by atoms with E-state index in [4.69, 9.17) is 5.11 Å². The number of alkyl halides is 2. The van der Waals surface area contributed by atoms with E-state index in [2.05, 4.69) is 0 Å². The average Bonchev–Trinajstić information content (AvgIpc) is 1.86. The van der Waals surface area contributed by atoms with Crippen LogP contribution in [0.15, 0.2) is 24.3 Å².